The minimum absolute atomic E-state index is 0.0213. The lowest BCUT2D eigenvalue weighted by Crippen LogP contribution is -2.41. The fraction of sp³-hybridized carbons (Fsp3) is 0.280. The summed E-state index contributed by atoms with van der Waals surface area (Å²) in [5.74, 6) is 0.158. The second-order valence-electron chi connectivity index (χ2n) is 9.08. The molecule has 0 fully saturated rings. The molecule has 1 aliphatic rings. The van der Waals surface area contributed by atoms with Gasteiger partial charge in [-0.15, -0.1) is 0 Å². The number of hydrogen-bond acceptors (Lipinski definition) is 8. The average Bonchev–Trinajstić information content (AvgIpc) is 3.30. The van der Waals surface area contributed by atoms with Gasteiger partial charge in [-0.2, -0.15) is 0 Å². The Morgan fingerprint density at radius 2 is 1.89 bits per heavy atom. The van der Waals surface area contributed by atoms with Gasteiger partial charge in [0.15, 0.2) is 21.8 Å². The third kappa shape index (κ3) is 4.37. The highest BCUT2D eigenvalue weighted by Gasteiger charge is 2.27. The van der Waals surface area contributed by atoms with E-state index in [1.807, 2.05) is 13.8 Å². The number of nitrogens with zero attached hydrogens (tertiary/aromatic N) is 4. The topological polar surface area (TPSA) is 127 Å². The van der Waals surface area contributed by atoms with Gasteiger partial charge in [0.25, 0.3) is 11.5 Å². The fourth-order valence-electron chi connectivity index (χ4n) is 4.27. The first-order valence-corrected chi connectivity index (χ1v) is 13.4. The molecule has 1 aliphatic heterocycles. The summed E-state index contributed by atoms with van der Waals surface area (Å²) in [4.78, 5) is 37.5. The molecule has 0 saturated heterocycles. The number of nitrogens with one attached hydrogen (secondary N) is 1. The predicted octanol–water partition coefficient (Wildman–Crippen LogP) is 2.80. The van der Waals surface area contributed by atoms with Gasteiger partial charge >= 0.3 is 0 Å². The highest BCUT2D eigenvalue weighted by Crippen LogP contribution is 2.23. The summed E-state index contributed by atoms with van der Waals surface area (Å²) in [6, 6.07) is 11.2. The Morgan fingerprint density at radius 1 is 1.14 bits per heavy atom. The zero-order valence-electron chi connectivity index (χ0n) is 20.1. The monoisotopic (exact) mass is 507 g/mol. The number of sulfone groups is 1. The minimum atomic E-state index is -3.37. The number of benzene rings is 2. The molecule has 10 nitrogen and oxygen atoms in total. The lowest BCUT2D eigenvalue weighted by molar-refractivity contribution is 0.0731. The first kappa shape index (κ1) is 23.7. The number of fused-ring (bicyclic) bond motifs is 2. The van der Waals surface area contributed by atoms with Crippen molar-refractivity contribution in [2.45, 2.75) is 37.8 Å². The number of carbonyl (C=O) groups excluding carboxylic acids is 1. The molecule has 0 aliphatic carbocycles. The van der Waals surface area contributed by atoms with Gasteiger partial charge in [0.1, 0.15) is 5.52 Å². The number of rotatable bonds is 5. The van der Waals surface area contributed by atoms with Crippen molar-refractivity contribution in [1.82, 2.24) is 19.4 Å². The maximum absolute atomic E-state index is 13.6. The molecular formula is C25H25N5O5S. The molecule has 0 spiro atoms. The van der Waals surface area contributed by atoms with Crippen LogP contribution in [0.3, 0.4) is 0 Å². The first-order chi connectivity index (χ1) is 17.1. The van der Waals surface area contributed by atoms with E-state index in [0.717, 1.165) is 6.26 Å². The summed E-state index contributed by atoms with van der Waals surface area (Å²) in [5.41, 5.74) is 3.02. The van der Waals surface area contributed by atoms with Gasteiger partial charge in [-0.25, -0.2) is 23.0 Å². The molecule has 4 aromatic rings. The second-order valence-corrected chi connectivity index (χ2v) is 11.1. The van der Waals surface area contributed by atoms with Gasteiger partial charge in [-0.1, -0.05) is 0 Å². The molecule has 1 amide bonds. The highest BCUT2D eigenvalue weighted by molar-refractivity contribution is 7.90. The van der Waals surface area contributed by atoms with E-state index in [2.05, 4.69) is 10.3 Å². The van der Waals surface area contributed by atoms with Gasteiger partial charge < -0.3 is 14.6 Å². The molecule has 0 saturated carbocycles. The van der Waals surface area contributed by atoms with Gasteiger partial charge in [-0.3, -0.25) is 9.59 Å². The van der Waals surface area contributed by atoms with E-state index in [-0.39, 0.29) is 28.9 Å². The standard InChI is InChI=1S/C25H25N5O5S/c1-15(2)27-25-28-21-13-29(23(31)16-4-9-22-20(12-16)26-14-35-22)11-10-19(21)24(32)30(25)17-5-7-18(8-6-17)36(3,33)34/h4-9,12,14-15H,10-11,13H2,1-3H3,(H,27,28). The molecule has 0 atom stereocenters. The molecule has 2 aromatic heterocycles. The van der Waals surface area contributed by atoms with Gasteiger partial charge in [0.2, 0.25) is 5.95 Å². The Balaban J connectivity index is 1.52. The van der Waals surface area contributed by atoms with Crippen LogP contribution >= 0.6 is 0 Å². The van der Waals surface area contributed by atoms with Crippen molar-refractivity contribution in [3.63, 3.8) is 0 Å². The van der Waals surface area contributed by atoms with Crippen LogP contribution in [0.25, 0.3) is 16.8 Å². The Hall–Kier alpha value is -3.99. The maximum atomic E-state index is 13.6. The number of amides is 1. The van der Waals surface area contributed by atoms with Crippen molar-refractivity contribution in [2.75, 3.05) is 18.1 Å². The van der Waals surface area contributed by atoms with Crippen molar-refractivity contribution in [2.24, 2.45) is 0 Å². The van der Waals surface area contributed by atoms with Crippen LogP contribution in [0.1, 0.15) is 35.5 Å². The Labute approximate surface area is 207 Å². The fourth-order valence-corrected chi connectivity index (χ4v) is 4.90. The highest BCUT2D eigenvalue weighted by atomic mass is 32.2. The zero-order valence-corrected chi connectivity index (χ0v) is 20.9. The summed E-state index contributed by atoms with van der Waals surface area (Å²) < 4.78 is 30.4. The van der Waals surface area contributed by atoms with Gasteiger partial charge in [-0.05, 0) is 62.7 Å². The van der Waals surface area contributed by atoms with E-state index < -0.39 is 9.84 Å². The first-order valence-electron chi connectivity index (χ1n) is 11.5. The van der Waals surface area contributed by atoms with Crippen LogP contribution in [0.4, 0.5) is 5.95 Å². The summed E-state index contributed by atoms with van der Waals surface area (Å²) in [6.07, 6.45) is 2.82. The van der Waals surface area contributed by atoms with Crippen molar-refractivity contribution < 1.29 is 17.6 Å². The smallest absolute Gasteiger partial charge is 0.263 e. The van der Waals surface area contributed by atoms with Crippen LogP contribution < -0.4 is 10.9 Å². The van der Waals surface area contributed by atoms with Crippen LogP contribution in [0.5, 0.6) is 0 Å². The molecule has 36 heavy (non-hydrogen) atoms. The normalized spacial score (nSPS) is 13.7. The third-order valence-electron chi connectivity index (χ3n) is 6.04. The molecule has 3 heterocycles. The SMILES string of the molecule is CC(C)Nc1nc2c(c(=O)n1-c1ccc(S(C)(=O)=O)cc1)CCN(C(=O)c1ccc3ocnc3c1)C2. The molecule has 186 valence electrons. The van der Waals surface area contributed by atoms with E-state index in [1.165, 1.54) is 23.1 Å². The summed E-state index contributed by atoms with van der Waals surface area (Å²) >= 11 is 0. The molecular weight excluding hydrogens is 482 g/mol. The number of anilines is 1. The van der Waals surface area contributed by atoms with Crippen molar-refractivity contribution in [3.05, 3.63) is 76.0 Å². The number of hydrogen-bond donors (Lipinski definition) is 1. The van der Waals surface area contributed by atoms with Crippen LogP contribution in [-0.4, -0.2) is 52.6 Å². The average molecular weight is 508 g/mol. The van der Waals surface area contributed by atoms with E-state index in [9.17, 15) is 18.0 Å². The Morgan fingerprint density at radius 3 is 2.58 bits per heavy atom. The number of carbonyl (C=O) groups is 1. The lowest BCUT2D eigenvalue weighted by atomic mass is 10.0. The maximum Gasteiger partial charge on any atom is 0.263 e. The summed E-state index contributed by atoms with van der Waals surface area (Å²) in [5, 5.41) is 3.21. The van der Waals surface area contributed by atoms with E-state index >= 15 is 0 Å². The van der Waals surface area contributed by atoms with Crippen molar-refractivity contribution in [3.8, 4) is 5.69 Å². The number of oxazole rings is 1. The largest absolute Gasteiger partial charge is 0.443 e. The molecule has 0 unspecified atom stereocenters. The summed E-state index contributed by atoms with van der Waals surface area (Å²) in [6.45, 7) is 4.42. The Bertz CT molecular complexity index is 1640. The van der Waals surface area contributed by atoms with E-state index in [4.69, 9.17) is 9.40 Å². The lowest BCUT2D eigenvalue weighted by Gasteiger charge is -2.29. The third-order valence-corrected chi connectivity index (χ3v) is 7.17. The zero-order chi connectivity index (χ0) is 25.6. The van der Waals surface area contributed by atoms with Crippen LogP contribution in [0.2, 0.25) is 0 Å². The van der Waals surface area contributed by atoms with Crippen LogP contribution in [0.15, 0.2) is 63.0 Å². The van der Waals surface area contributed by atoms with Crippen molar-refractivity contribution in [1.29, 1.82) is 0 Å². The van der Waals surface area contributed by atoms with Crippen LogP contribution in [0, 0.1) is 0 Å². The molecule has 1 N–H and O–H groups in total. The summed E-state index contributed by atoms with van der Waals surface area (Å²) in [7, 11) is -3.37. The Kier molecular flexibility index (Phi) is 5.87. The van der Waals surface area contributed by atoms with E-state index in [0.29, 0.717) is 52.5 Å². The molecule has 5 rings (SSSR count). The van der Waals surface area contributed by atoms with Crippen LogP contribution in [-0.2, 0) is 22.8 Å². The van der Waals surface area contributed by atoms with E-state index in [1.54, 1.807) is 35.2 Å². The number of aromatic nitrogens is 3. The van der Waals surface area contributed by atoms with Crippen molar-refractivity contribution >= 4 is 32.8 Å². The molecule has 2 aromatic carbocycles. The molecule has 0 radical (unpaired) electrons. The van der Waals surface area contributed by atoms with Gasteiger partial charge in [0.05, 0.1) is 22.8 Å². The second kappa shape index (κ2) is 8.90. The quantitative estimate of drug-likeness (QED) is 0.437. The minimum Gasteiger partial charge on any atom is -0.443 e. The predicted molar refractivity (Wildman–Crippen MR) is 134 cm³/mol. The van der Waals surface area contributed by atoms with Gasteiger partial charge in [0, 0.05) is 30.0 Å². The molecule has 0 bridgehead atoms. The molecule has 11 heteroatoms.